The summed E-state index contributed by atoms with van der Waals surface area (Å²) in [5.41, 5.74) is 0.737. The van der Waals surface area contributed by atoms with Crippen LogP contribution in [0.5, 0.6) is 0 Å². The predicted molar refractivity (Wildman–Crippen MR) is 121 cm³/mol. The third-order valence-corrected chi connectivity index (χ3v) is 5.72. The molecule has 3 aromatic rings. The molecule has 4 rings (SSSR count). The van der Waals surface area contributed by atoms with Crippen molar-refractivity contribution in [1.29, 1.82) is 0 Å². The van der Waals surface area contributed by atoms with E-state index in [1.165, 1.54) is 0 Å². The highest BCUT2D eigenvalue weighted by Gasteiger charge is 2.23. The van der Waals surface area contributed by atoms with Gasteiger partial charge < -0.3 is 15.1 Å². The predicted octanol–water partition coefficient (Wildman–Crippen LogP) is 3.61. The number of benzene rings is 1. The number of anilines is 3. The van der Waals surface area contributed by atoms with Crippen LogP contribution in [0, 0.1) is 6.92 Å². The number of rotatable bonds is 5. The van der Waals surface area contributed by atoms with E-state index in [1.54, 1.807) is 18.0 Å². The van der Waals surface area contributed by atoms with Crippen molar-refractivity contribution in [2.45, 2.75) is 11.8 Å². The summed E-state index contributed by atoms with van der Waals surface area (Å²) in [4.78, 5) is 31.4. The van der Waals surface area contributed by atoms with Crippen LogP contribution in [0.25, 0.3) is 0 Å². The number of carbonyl (C=O) groups excluding carboxylic acids is 1. The molecule has 0 radical (unpaired) electrons. The van der Waals surface area contributed by atoms with Crippen molar-refractivity contribution in [3.8, 4) is 0 Å². The van der Waals surface area contributed by atoms with Crippen LogP contribution in [0.3, 0.4) is 0 Å². The maximum Gasteiger partial charge on any atom is 0.253 e. The van der Waals surface area contributed by atoms with Crippen LogP contribution < -0.4 is 10.2 Å². The lowest BCUT2D eigenvalue weighted by atomic mass is 10.2. The van der Waals surface area contributed by atoms with Gasteiger partial charge in [-0.05, 0) is 49.6 Å². The molecule has 1 N–H and O–H groups in total. The molecule has 1 aliphatic heterocycles. The molecule has 0 aliphatic carbocycles. The van der Waals surface area contributed by atoms with Crippen LogP contribution in [0.2, 0.25) is 0 Å². The van der Waals surface area contributed by atoms with Gasteiger partial charge in [0.05, 0.1) is 0 Å². The molecule has 1 amide bonds. The second-order valence-electron chi connectivity index (χ2n) is 7.01. The van der Waals surface area contributed by atoms with Crippen molar-refractivity contribution in [1.82, 2.24) is 19.9 Å². The highest BCUT2D eigenvalue weighted by Crippen LogP contribution is 2.21. The summed E-state index contributed by atoms with van der Waals surface area (Å²) in [7, 11) is 0. The lowest BCUT2D eigenvalue weighted by molar-refractivity contribution is 0.0746. The molecule has 154 valence electrons. The first kappa shape index (κ1) is 20.2. The molecule has 1 aliphatic rings. The summed E-state index contributed by atoms with van der Waals surface area (Å²) in [5, 5.41) is 3.23. The molecular formula is C22H24N6OS. The maximum absolute atomic E-state index is 12.8. The van der Waals surface area contributed by atoms with Gasteiger partial charge in [0.15, 0.2) is 0 Å². The number of nitrogens with one attached hydrogen (secondary N) is 1. The Morgan fingerprint density at radius 3 is 2.43 bits per heavy atom. The number of piperazine rings is 1. The number of amides is 1. The number of hydrogen-bond acceptors (Lipinski definition) is 7. The Kier molecular flexibility index (Phi) is 6.13. The Labute approximate surface area is 180 Å². The summed E-state index contributed by atoms with van der Waals surface area (Å²) < 4.78 is 0. The van der Waals surface area contributed by atoms with Crippen molar-refractivity contribution in [3.05, 3.63) is 66.1 Å². The molecule has 8 heteroatoms. The van der Waals surface area contributed by atoms with E-state index in [1.807, 2.05) is 66.6 Å². The van der Waals surface area contributed by atoms with Gasteiger partial charge in [0, 0.05) is 48.9 Å². The lowest BCUT2D eigenvalue weighted by Gasteiger charge is -2.35. The summed E-state index contributed by atoms with van der Waals surface area (Å²) in [6, 6.07) is 15.4. The molecule has 1 fully saturated rings. The van der Waals surface area contributed by atoms with Gasteiger partial charge in [-0.2, -0.15) is 0 Å². The first-order chi connectivity index (χ1) is 14.6. The molecule has 0 bridgehead atoms. The fourth-order valence-corrected chi connectivity index (χ4v) is 3.81. The van der Waals surface area contributed by atoms with Crippen molar-refractivity contribution >= 4 is 35.1 Å². The molecule has 0 unspecified atom stereocenters. The number of pyridine rings is 1. The summed E-state index contributed by atoms with van der Waals surface area (Å²) in [5.74, 6) is 3.09. The second kappa shape index (κ2) is 9.13. The molecule has 1 aromatic carbocycles. The molecular weight excluding hydrogens is 396 g/mol. The van der Waals surface area contributed by atoms with E-state index in [0.717, 1.165) is 35.2 Å². The minimum Gasteiger partial charge on any atom is -0.353 e. The minimum absolute atomic E-state index is 0.0821. The lowest BCUT2D eigenvalue weighted by Crippen LogP contribution is -2.49. The Hall–Kier alpha value is -3.13. The largest absolute Gasteiger partial charge is 0.353 e. The standard InChI is InChI=1S/C22H24N6OS/c1-16-24-20(26-19-5-3-4-10-23-19)15-21(25-16)27-11-13-28(14-12-27)22(29)17-6-8-18(30-2)9-7-17/h3-10,15H,11-14H2,1-2H3,(H,23,24,25,26). The van der Waals surface area contributed by atoms with Gasteiger partial charge in [-0.15, -0.1) is 11.8 Å². The van der Waals surface area contributed by atoms with Crippen molar-refractivity contribution in [3.63, 3.8) is 0 Å². The Balaban J connectivity index is 1.41. The normalized spacial score (nSPS) is 13.9. The van der Waals surface area contributed by atoms with E-state index in [0.29, 0.717) is 24.7 Å². The average Bonchev–Trinajstić information content (AvgIpc) is 2.79. The smallest absolute Gasteiger partial charge is 0.253 e. The van der Waals surface area contributed by atoms with E-state index in [4.69, 9.17) is 0 Å². The zero-order valence-electron chi connectivity index (χ0n) is 17.1. The van der Waals surface area contributed by atoms with Gasteiger partial charge in [-0.1, -0.05) is 6.07 Å². The quantitative estimate of drug-likeness (QED) is 0.632. The fraction of sp³-hybridized carbons (Fsp3) is 0.273. The van der Waals surface area contributed by atoms with E-state index in [-0.39, 0.29) is 5.91 Å². The van der Waals surface area contributed by atoms with E-state index in [2.05, 4.69) is 25.2 Å². The molecule has 0 spiro atoms. The summed E-state index contributed by atoms with van der Waals surface area (Å²) >= 11 is 1.67. The summed E-state index contributed by atoms with van der Waals surface area (Å²) in [6.07, 6.45) is 3.77. The number of thioether (sulfide) groups is 1. The van der Waals surface area contributed by atoms with Gasteiger partial charge in [0.1, 0.15) is 23.3 Å². The Bertz CT molecular complexity index is 1000. The fourth-order valence-electron chi connectivity index (χ4n) is 3.40. The zero-order chi connectivity index (χ0) is 20.9. The molecule has 0 saturated carbocycles. The highest BCUT2D eigenvalue weighted by molar-refractivity contribution is 7.98. The zero-order valence-corrected chi connectivity index (χ0v) is 17.9. The van der Waals surface area contributed by atoms with Crippen molar-refractivity contribution in [2.24, 2.45) is 0 Å². The van der Waals surface area contributed by atoms with Gasteiger partial charge in [0.2, 0.25) is 0 Å². The monoisotopic (exact) mass is 420 g/mol. The van der Waals surface area contributed by atoms with Crippen LogP contribution in [0.15, 0.2) is 59.6 Å². The van der Waals surface area contributed by atoms with E-state index >= 15 is 0 Å². The van der Waals surface area contributed by atoms with Crippen LogP contribution in [-0.4, -0.2) is 58.2 Å². The SMILES string of the molecule is CSc1ccc(C(=O)N2CCN(c3cc(Nc4ccccn4)nc(C)n3)CC2)cc1. The first-order valence-electron chi connectivity index (χ1n) is 9.84. The van der Waals surface area contributed by atoms with Gasteiger partial charge >= 0.3 is 0 Å². The Morgan fingerprint density at radius 1 is 1.00 bits per heavy atom. The van der Waals surface area contributed by atoms with E-state index < -0.39 is 0 Å². The number of aryl methyl sites for hydroxylation is 1. The van der Waals surface area contributed by atoms with Crippen LogP contribution in [0.4, 0.5) is 17.5 Å². The molecule has 1 saturated heterocycles. The minimum atomic E-state index is 0.0821. The number of aromatic nitrogens is 3. The third-order valence-electron chi connectivity index (χ3n) is 4.97. The molecule has 2 aromatic heterocycles. The number of nitrogens with zero attached hydrogens (tertiary/aromatic N) is 5. The number of carbonyl (C=O) groups is 1. The average molecular weight is 421 g/mol. The highest BCUT2D eigenvalue weighted by atomic mass is 32.2. The summed E-state index contributed by atoms with van der Waals surface area (Å²) in [6.45, 7) is 4.66. The van der Waals surface area contributed by atoms with Crippen molar-refractivity contribution < 1.29 is 4.79 Å². The maximum atomic E-state index is 12.8. The molecule has 0 atom stereocenters. The van der Waals surface area contributed by atoms with Crippen LogP contribution in [-0.2, 0) is 0 Å². The Morgan fingerprint density at radius 2 is 1.77 bits per heavy atom. The molecule has 7 nitrogen and oxygen atoms in total. The van der Waals surface area contributed by atoms with Gasteiger partial charge in [-0.3, -0.25) is 4.79 Å². The second-order valence-corrected chi connectivity index (χ2v) is 7.89. The van der Waals surface area contributed by atoms with Crippen LogP contribution >= 0.6 is 11.8 Å². The molecule has 30 heavy (non-hydrogen) atoms. The third kappa shape index (κ3) is 4.71. The molecule has 3 heterocycles. The number of hydrogen-bond donors (Lipinski definition) is 1. The van der Waals surface area contributed by atoms with Crippen LogP contribution in [0.1, 0.15) is 16.2 Å². The van der Waals surface area contributed by atoms with Crippen molar-refractivity contribution in [2.75, 3.05) is 42.7 Å². The first-order valence-corrected chi connectivity index (χ1v) is 11.1. The topological polar surface area (TPSA) is 74.2 Å². The van der Waals surface area contributed by atoms with Gasteiger partial charge in [-0.25, -0.2) is 15.0 Å². The van der Waals surface area contributed by atoms with E-state index in [9.17, 15) is 4.79 Å². The van der Waals surface area contributed by atoms with Gasteiger partial charge in [0.25, 0.3) is 5.91 Å².